The van der Waals surface area contributed by atoms with Crippen molar-refractivity contribution in [3.63, 3.8) is 0 Å². The summed E-state index contributed by atoms with van der Waals surface area (Å²) in [6.45, 7) is 9.66. The molecule has 2 heterocycles. The molecule has 112 valence electrons. The van der Waals surface area contributed by atoms with Gasteiger partial charge in [-0.15, -0.1) is 0 Å². The van der Waals surface area contributed by atoms with Gasteiger partial charge in [-0.1, -0.05) is 19.8 Å². The summed E-state index contributed by atoms with van der Waals surface area (Å²) in [7, 11) is 0. The lowest BCUT2D eigenvalue weighted by Gasteiger charge is -2.41. The van der Waals surface area contributed by atoms with Crippen LogP contribution in [-0.4, -0.2) is 55.1 Å². The summed E-state index contributed by atoms with van der Waals surface area (Å²) in [6, 6.07) is 0.874. The van der Waals surface area contributed by atoms with Crippen molar-refractivity contribution in [2.45, 2.75) is 57.9 Å². The number of piperidine rings is 2. The van der Waals surface area contributed by atoms with Gasteiger partial charge in [0.05, 0.1) is 0 Å². The van der Waals surface area contributed by atoms with Crippen molar-refractivity contribution >= 4 is 0 Å². The van der Waals surface area contributed by atoms with E-state index in [1.807, 2.05) is 0 Å². The maximum atomic E-state index is 5.89. The monoisotopic (exact) mass is 267 g/mol. The van der Waals surface area contributed by atoms with Crippen LogP contribution in [0.5, 0.6) is 0 Å². The molecule has 0 bridgehead atoms. The van der Waals surface area contributed by atoms with Gasteiger partial charge in [-0.05, 0) is 70.7 Å². The van der Waals surface area contributed by atoms with Gasteiger partial charge in [0.15, 0.2) is 0 Å². The van der Waals surface area contributed by atoms with E-state index in [1.54, 1.807) is 0 Å². The molecule has 0 spiro atoms. The summed E-state index contributed by atoms with van der Waals surface area (Å²) in [5.74, 6) is 0.719. The third kappa shape index (κ3) is 4.73. The number of nitrogens with two attached hydrogens (primary N) is 1. The minimum atomic E-state index is 0.719. The molecule has 2 fully saturated rings. The number of likely N-dealkylation sites (tertiary alicyclic amines) is 2. The number of rotatable bonds is 6. The maximum absolute atomic E-state index is 5.89. The Morgan fingerprint density at radius 1 is 1.05 bits per heavy atom. The van der Waals surface area contributed by atoms with E-state index in [0.717, 1.165) is 18.5 Å². The third-order valence-corrected chi connectivity index (χ3v) is 5.01. The molecule has 3 heteroatoms. The molecule has 1 atom stereocenters. The summed E-state index contributed by atoms with van der Waals surface area (Å²) >= 11 is 0. The van der Waals surface area contributed by atoms with Crippen LogP contribution in [-0.2, 0) is 0 Å². The summed E-state index contributed by atoms with van der Waals surface area (Å²) in [5, 5.41) is 0. The first-order chi connectivity index (χ1) is 9.33. The highest BCUT2D eigenvalue weighted by Crippen LogP contribution is 2.21. The highest BCUT2D eigenvalue weighted by Gasteiger charge is 2.26. The number of hydrogen-bond donors (Lipinski definition) is 1. The van der Waals surface area contributed by atoms with Crippen LogP contribution < -0.4 is 5.73 Å². The molecule has 0 aliphatic carbocycles. The van der Waals surface area contributed by atoms with E-state index in [-0.39, 0.29) is 0 Å². The Hall–Kier alpha value is -0.120. The van der Waals surface area contributed by atoms with E-state index in [0.29, 0.717) is 0 Å². The van der Waals surface area contributed by atoms with Crippen molar-refractivity contribution in [3.8, 4) is 0 Å². The Kier molecular flexibility index (Phi) is 6.62. The van der Waals surface area contributed by atoms with E-state index in [2.05, 4.69) is 16.7 Å². The topological polar surface area (TPSA) is 32.5 Å². The van der Waals surface area contributed by atoms with Gasteiger partial charge in [-0.25, -0.2) is 0 Å². The molecule has 2 aliphatic rings. The number of hydrogen-bond acceptors (Lipinski definition) is 3. The molecule has 0 aromatic carbocycles. The van der Waals surface area contributed by atoms with Crippen LogP contribution in [0.1, 0.15) is 51.9 Å². The molecule has 0 radical (unpaired) electrons. The lowest BCUT2D eigenvalue weighted by atomic mass is 9.97. The van der Waals surface area contributed by atoms with Crippen LogP contribution in [0.3, 0.4) is 0 Å². The molecule has 2 saturated heterocycles. The second-order valence-electron chi connectivity index (χ2n) is 6.52. The van der Waals surface area contributed by atoms with Crippen molar-refractivity contribution in [2.75, 3.05) is 39.3 Å². The summed E-state index contributed by atoms with van der Waals surface area (Å²) in [6.07, 6.45) is 9.62. The highest BCUT2D eigenvalue weighted by molar-refractivity contribution is 4.82. The Balaban J connectivity index is 1.69. The van der Waals surface area contributed by atoms with Crippen molar-refractivity contribution in [3.05, 3.63) is 0 Å². The minimum Gasteiger partial charge on any atom is -0.330 e. The van der Waals surface area contributed by atoms with Crippen LogP contribution in [0.25, 0.3) is 0 Å². The zero-order chi connectivity index (χ0) is 13.5. The number of nitrogens with zero attached hydrogens (tertiary/aromatic N) is 2. The first-order valence-electron chi connectivity index (χ1n) is 8.50. The second kappa shape index (κ2) is 8.23. The zero-order valence-corrected chi connectivity index (χ0v) is 12.8. The van der Waals surface area contributed by atoms with Crippen LogP contribution in [0.15, 0.2) is 0 Å². The quantitative estimate of drug-likeness (QED) is 0.801. The van der Waals surface area contributed by atoms with E-state index in [4.69, 9.17) is 5.73 Å². The Morgan fingerprint density at radius 2 is 1.74 bits per heavy atom. The summed E-state index contributed by atoms with van der Waals surface area (Å²) in [4.78, 5) is 5.42. The molecule has 0 saturated carbocycles. The summed E-state index contributed by atoms with van der Waals surface area (Å²) < 4.78 is 0. The standard InChI is InChI=1S/C16H33N3/c1-2-6-15(13-17)14-18-11-7-16(8-12-18)19-9-4-3-5-10-19/h15-16H,2-14,17H2,1H3. The minimum absolute atomic E-state index is 0.719. The molecule has 2 rings (SSSR count). The molecule has 0 aromatic rings. The van der Waals surface area contributed by atoms with Crippen molar-refractivity contribution in [1.82, 2.24) is 9.80 Å². The smallest absolute Gasteiger partial charge is 0.0120 e. The van der Waals surface area contributed by atoms with E-state index < -0.39 is 0 Å². The van der Waals surface area contributed by atoms with Gasteiger partial charge < -0.3 is 15.5 Å². The third-order valence-electron chi connectivity index (χ3n) is 5.01. The van der Waals surface area contributed by atoms with Gasteiger partial charge in [0, 0.05) is 12.6 Å². The fourth-order valence-electron chi connectivity index (χ4n) is 3.81. The second-order valence-corrected chi connectivity index (χ2v) is 6.52. The average molecular weight is 267 g/mol. The maximum Gasteiger partial charge on any atom is 0.0120 e. The SMILES string of the molecule is CCCC(CN)CN1CCC(N2CCCCC2)CC1. The molecule has 1 unspecified atom stereocenters. The van der Waals surface area contributed by atoms with E-state index >= 15 is 0 Å². The van der Waals surface area contributed by atoms with Crippen LogP contribution >= 0.6 is 0 Å². The fourth-order valence-corrected chi connectivity index (χ4v) is 3.81. The lowest BCUT2D eigenvalue weighted by molar-refractivity contribution is 0.0850. The van der Waals surface area contributed by atoms with Gasteiger partial charge in [0.2, 0.25) is 0 Å². The van der Waals surface area contributed by atoms with Gasteiger partial charge in [0.25, 0.3) is 0 Å². The predicted octanol–water partition coefficient (Wildman–Crippen LogP) is 2.31. The average Bonchev–Trinajstić information content (AvgIpc) is 2.48. The lowest BCUT2D eigenvalue weighted by Crippen LogP contribution is -2.47. The molecular formula is C16H33N3. The largest absolute Gasteiger partial charge is 0.330 e. The highest BCUT2D eigenvalue weighted by atomic mass is 15.2. The van der Waals surface area contributed by atoms with Crippen molar-refractivity contribution in [1.29, 1.82) is 0 Å². The molecule has 3 nitrogen and oxygen atoms in total. The first-order valence-corrected chi connectivity index (χ1v) is 8.50. The molecular weight excluding hydrogens is 234 g/mol. The first kappa shape index (κ1) is 15.3. The van der Waals surface area contributed by atoms with Crippen LogP contribution in [0.4, 0.5) is 0 Å². The van der Waals surface area contributed by atoms with Gasteiger partial charge in [0.1, 0.15) is 0 Å². The normalized spacial score (nSPS) is 25.6. The molecule has 19 heavy (non-hydrogen) atoms. The van der Waals surface area contributed by atoms with Gasteiger partial charge in [-0.2, -0.15) is 0 Å². The molecule has 0 amide bonds. The Labute approximate surface area is 119 Å². The van der Waals surface area contributed by atoms with Gasteiger partial charge in [-0.3, -0.25) is 0 Å². The van der Waals surface area contributed by atoms with E-state index in [9.17, 15) is 0 Å². The van der Waals surface area contributed by atoms with Crippen molar-refractivity contribution < 1.29 is 0 Å². The Morgan fingerprint density at radius 3 is 2.32 bits per heavy atom. The Bertz CT molecular complexity index is 230. The van der Waals surface area contributed by atoms with Crippen molar-refractivity contribution in [2.24, 2.45) is 11.7 Å². The van der Waals surface area contributed by atoms with E-state index in [1.165, 1.54) is 77.7 Å². The predicted molar refractivity (Wildman–Crippen MR) is 82.3 cm³/mol. The fraction of sp³-hybridized carbons (Fsp3) is 1.00. The molecule has 2 N–H and O–H groups in total. The van der Waals surface area contributed by atoms with Gasteiger partial charge >= 0.3 is 0 Å². The molecule has 0 aromatic heterocycles. The summed E-state index contributed by atoms with van der Waals surface area (Å²) in [5.41, 5.74) is 5.89. The van der Waals surface area contributed by atoms with Crippen LogP contribution in [0, 0.1) is 5.92 Å². The zero-order valence-electron chi connectivity index (χ0n) is 12.8. The molecule has 2 aliphatic heterocycles. The van der Waals surface area contributed by atoms with Crippen LogP contribution in [0.2, 0.25) is 0 Å².